The van der Waals surface area contributed by atoms with Crippen LogP contribution in [0.3, 0.4) is 0 Å². The van der Waals surface area contributed by atoms with Gasteiger partial charge in [0.25, 0.3) is 0 Å². The molecule has 0 spiro atoms. The molecule has 2 N–H and O–H groups in total. The van der Waals surface area contributed by atoms with Crippen LogP contribution >= 0.6 is 0 Å². The molecule has 0 aromatic heterocycles. The van der Waals surface area contributed by atoms with Crippen molar-refractivity contribution >= 4 is 11.7 Å². The van der Waals surface area contributed by atoms with Gasteiger partial charge in [0.05, 0.1) is 0 Å². The first-order chi connectivity index (χ1) is 11.2. The number of hydrogen-bond acceptors (Lipinski definition) is 3. The van der Waals surface area contributed by atoms with Gasteiger partial charge in [-0.25, -0.2) is 0 Å². The molecule has 4 heteroatoms. The summed E-state index contributed by atoms with van der Waals surface area (Å²) in [5.74, 6) is 0.375. The van der Waals surface area contributed by atoms with Crippen LogP contribution in [0.5, 0.6) is 0 Å². The summed E-state index contributed by atoms with van der Waals surface area (Å²) >= 11 is 0. The van der Waals surface area contributed by atoms with Gasteiger partial charge >= 0.3 is 0 Å². The van der Waals surface area contributed by atoms with Gasteiger partial charge in [-0.2, -0.15) is 0 Å². The van der Waals surface area contributed by atoms with Gasteiger partial charge in [0.15, 0.2) is 5.78 Å². The lowest BCUT2D eigenvalue weighted by molar-refractivity contribution is -0.122. The Bertz CT molecular complexity index is 495. The van der Waals surface area contributed by atoms with Gasteiger partial charge in [-0.05, 0) is 25.2 Å². The fourth-order valence-corrected chi connectivity index (χ4v) is 3.38. The number of nitrogens with one attached hydrogen (secondary N) is 1. The molecular weight excluding hydrogens is 290 g/mol. The average molecular weight is 317 g/mol. The highest BCUT2D eigenvalue weighted by molar-refractivity contribution is 5.97. The van der Waals surface area contributed by atoms with Crippen LogP contribution in [0.25, 0.3) is 0 Å². The van der Waals surface area contributed by atoms with Crippen molar-refractivity contribution in [2.24, 2.45) is 5.92 Å². The number of hydrogen-bond donors (Lipinski definition) is 2. The van der Waals surface area contributed by atoms with Crippen LogP contribution in [-0.4, -0.2) is 29.4 Å². The van der Waals surface area contributed by atoms with Crippen LogP contribution in [0.2, 0.25) is 0 Å². The van der Waals surface area contributed by atoms with Crippen molar-refractivity contribution < 1.29 is 14.7 Å². The SMILES string of the molecule is O=C(CCC(=O)c1ccccc1)NC(CCO)C1CCCCC1. The first-order valence-electron chi connectivity index (χ1n) is 8.69. The van der Waals surface area contributed by atoms with Crippen molar-refractivity contribution in [3.05, 3.63) is 35.9 Å². The fourth-order valence-electron chi connectivity index (χ4n) is 3.38. The molecule has 0 radical (unpaired) electrons. The van der Waals surface area contributed by atoms with E-state index in [0.717, 1.165) is 12.8 Å². The maximum absolute atomic E-state index is 12.2. The Morgan fingerprint density at radius 1 is 1.09 bits per heavy atom. The highest BCUT2D eigenvalue weighted by atomic mass is 16.3. The molecule has 1 saturated carbocycles. The Morgan fingerprint density at radius 2 is 1.78 bits per heavy atom. The Balaban J connectivity index is 1.80. The number of carbonyl (C=O) groups is 2. The van der Waals surface area contributed by atoms with Crippen LogP contribution in [-0.2, 0) is 4.79 Å². The maximum atomic E-state index is 12.2. The van der Waals surface area contributed by atoms with E-state index >= 15 is 0 Å². The second-order valence-electron chi connectivity index (χ2n) is 6.37. The largest absolute Gasteiger partial charge is 0.396 e. The summed E-state index contributed by atoms with van der Waals surface area (Å²) in [6.45, 7) is 0.0877. The van der Waals surface area contributed by atoms with Gasteiger partial charge in [-0.15, -0.1) is 0 Å². The molecule has 1 atom stereocenters. The lowest BCUT2D eigenvalue weighted by atomic mass is 9.82. The van der Waals surface area contributed by atoms with Crippen molar-refractivity contribution in [1.82, 2.24) is 5.32 Å². The second-order valence-corrected chi connectivity index (χ2v) is 6.37. The van der Waals surface area contributed by atoms with E-state index in [9.17, 15) is 14.7 Å². The predicted octanol–water partition coefficient (Wildman–Crippen LogP) is 3.10. The Kier molecular flexibility index (Phi) is 7.27. The minimum absolute atomic E-state index is 0.00266. The van der Waals surface area contributed by atoms with E-state index < -0.39 is 0 Å². The van der Waals surface area contributed by atoms with Crippen LogP contribution in [0, 0.1) is 5.92 Å². The number of Topliss-reactive ketones (excluding diaryl/α,β-unsaturated/α-hetero) is 1. The first-order valence-corrected chi connectivity index (χ1v) is 8.69. The summed E-state index contributed by atoms with van der Waals surface area (Å²) in [5, 5.41) is 12.3. The third-order valence-corrected chi connectivity index (χ3v) is 4.68. The zero-order chi connectivity index (χ0) is 16.5. The van der Waals surface area contributed by atoms with Crippen LogP contribution in [0.15, 0.2) is 30.3 Å². The minimum Gasteiger partial charge on any atom is -0.396 e. The van der Waals surface area contributed by atoms with Crippen molar-refractivity contribution in [1.29, 1.82) is 0 Å². The predicted molar refractivity (Wildman–Crippen MR) is 90.2 cm³/mol. The van der Waals surface area contributed by atoms with E-state index in [2.05, 4.69) is 5.32 Å². The number of carbonyl (C=O) groups excluding carboxylic acids is 2. The van der Waals surface area contributed by atoms with Gasteiger partial charge in [0.1, 0.15) is 0 Å². The van der Waals surface area contributed by atoms with E-state index in [1.807, 2.05) is 18.2 Å². The molecule has 0 bridgehead atoms. The molecule has 1 unspecified atom stereocenters. The lowest BCUT2D eigenvalue weighted by Crippen LogP contribution is -2.41. The molecule has 1 aromatic carbocycles. The third kappa shape index (κ3) is 5.79. The van der Waals surface area contributed by atoms with Gasteiger partial charge in [-0.1, -0.05) is 49.6 Å². The van der Waals surface area contributed by atoms with Crippen molar-refractivity contribution in [2.75, 3.05) is 6.61 Å². The summed E-state index contributed by atoms with van der Waals surface area (Å²) in [4.78, 5) is 24.2. The van der Waals surface area contributed by atoms with E-state index in [0.29, 0.717) is 17.9 Å². The molecule has 126 valence electrons. The number of ketones is 1. The van der Waals surface area contributed by atoms with Crippen LogP contribution in [0.1, 0.15) is 61.7 Å². The quantitative estimate of drug-likeness (QED) is 0.724. The first kappa shape index (κ1) is 17.7. The molecule has 0 saturated heterocycles. The lowest BCUT2D eigenvalue weighted by Gasteiger charge is -2.30. The molecule has 1 aliphatic carbocycles. The van der Waals surface area contributed by atoms with E-state index in [1.165, 1.54) is 19.3 Å². The molecule has 4 nitrogen and oxygen atoms in total. The number of benzene rings is 1. The third-order valence-electron chi connectivity index (χ3n) is 4.68. The van der Waals surface area contributed by atoms with Gasteiger partial charge in [-0.3, -0.25) is 9.59 Å². The number of aliphatic hydroxyl groups excluding tert-OH is 1. The molecule has 23 heavy (non-hydrogen) atoms. The summed E-state index contributed by atoms with van der Waals surface area (Å²) in [5.41, 5.74) is 0.652. The highest BCUT2D eigenvalue weighted by Crippen LogP contribution is 2.27. The van der Waals surface area contributed by atoms with Crippen LogP contribution in [0.4, 0.5) is 0 Å². The molecule has 1 aromatic rings. The van der Waals surface area contributed by atoms with Crippen molar-refractivity contribution in [3.63, 3.8) is 0 Å². The summed E-state index contributed by atoms with van der Waals surface area (Å²) in [7, 11) is 0. The summed E-state index contributed by atoms with van der Waals surface area (Å²) in [6.07, 6.45) is 6.95. The highest BCUT2D eigenvalue weighted by Gasteiger charge is 2.24. The zero-order valence-electron chi connectivity index (χ0n) is 13.7. The number of aliphatic hydroxyl groups is 1. The smallest absolute Gasteiger partial charge is 0.220 e. The average Bonchev–Trinajstić information content (AvgIpc) is 2.61. The molecule has 0 aliphatic heterocycles. The topological polar surface area (TPSA) is 66.4 Å². The molecule has 1 aliphatic rings. The number of amides is 1. The standard InChI is InChI=1S/C19H27NO3/c21-14-13-17(15-7-3-1-4-8-15)20-19(23)12-11-18(22)16-9-5-2-6-10-16/h2,5-6,9-10,15,17,21H,1,3-4,7-8,11-14H2,(H,20,23). The molecule has 2 rings (SSSR count). The van der Waals surface area contributed by atoms with Gasteiger partial charge < -0.3 is 10.4 Å². The second kappa shape index (κ2) is 9.46. The molecule has 1 fully saturated rings. The van der Waals surface area contributed by atoms with Gasteiger partial charge in [0.2, 0.25) is 5.91 Å². The Morgan fingerprint density at radius 3 is 2.43 bits per heavy atom. The Hall–Kier alpha value is -1.68. The molecule has 0 heterocycles. The zero-order valence-corrected chi connectivity index (χ0v) is 13.7. The summed E-state index contributed by atoms with van der Waals surface area (Å²) < 4.78 is 0. The fraction of sp³-hybridized carbons (Fsp3) is 0.579. The normalized spacial score (nSPS) is 16.7. The number of rotatable bonds is 8. The van der Waals surface area contributed by atoms with Crippen LogP contribution < -0.4 is 5.32 Å². The van der Waals surface area contributed by atoms with Crippen molar-refractivity contribution in [3.8, 4) is 0 Å². The minimum atomic E-state index is -0.0849. The van der Waals surface area contributed by atoms with Gasteiger partial charge in [0, 0.05) is 31.1 Å². The molecule has 1 amide bonds. The van der Waals surface area contributed by atoms with Crippen molar-refractivity contribution in [2.45, 2.75) is 57.4 Å². The maximum Gasteiger partial charge on any atom is 0.220 e. The Labute approximate surface area is 138 Å². The summed E-state index contributed by atoms with van der Waals surface area (Å²) in [6, 6.07) is 9.11. The molecular formula is C19H27NO3. The monoisotopic (exact) mass is 317 g/mol. The van der Waals surface area contributed by atoms with E-state index in [-0.39, 0.29) is 37.2 Å². The van der Waals surface area contributed by atoms with E-state index in [4.69, 9.17) is 0 Å². The van der Waals surface area contributed by atoms with E-state index in [1.54, 1.807) is 12.1 Å².